The molecule has 0 atom stereocenters. The van der Waals surface area contributed by atoms with Gasteiger partial charge in [0.25, 0.3) is 0 Å². The first kappa shape index (κ1) is 25.2. The molecule has 0 bridgehead atoms. The van der Waals surface area contributed by atoms with Crippen LogP contribution in [0.3, 0.4) is 0 Å². The lowest BCUT2D eigenvalue weighted by Gasteiger charge is -2.24. The van der Waals surface area contributed by atoms with Crippen LogP contribution >= 0.6 is 0 Å². The summed E-state index contributed by atoms with van der Waals surface area (Å²) in [7, 11) is 1.32. The van der Waals surface area contributed by atoms with E-state index in [4.69, 9.17) is 9.72 Å². The number of unbranched alkanes of at least 4 members (excludes halogenated alkanes) is 1. The number of phenolic OH excluding ortho intramolecular Hbond substituents is 1. The van der Waals surface area contributed by atoms with E-state index in [1.54, 1.807) is 12.1 Å². The SMILES string of the molecule is CCCCn1c(CN(Cc2ccccc2)Cc2ccc(O)c(C(=O)OC)c2)cnc1-c1ccccc1. The van der Waals surface area contributed by atoms with Gasteiger partial charge in [0.15, 0.2) is 0 Å². The molecule has 0 unspecified atom stereocenters. The maximum Gasteiger partial charge on any atom is 0.341 e. The van der Waals surface area contributed by atoms with Crippen LogP contribution in [0.5, 0.6) is 5.75 Å². The second kappa shape index (κ2) is 12.2. The maximum absolute atomic E-state index is 12.1. The van der Waals surface area contributed by atoms with Crippen LogP contribution in [-0.2, 0) is 30.9 Å². The minimum Gasteiger partial charge on any atom is -0.507 e. The zero-order valence-electron chi connectivity index (χ0n) is 20.9. The van der Waals surface area contributed by atoms with Gasteiger partial charge < -0.3 is 14.4 Å². The summed E-state index contributed by atoms with van der Waals surface area (Å²) in [5.74, 6) is 0.357. The third-order valence-electron chi connectivity index (χ3n) is 6.21. The first-order chi connectivity index (χ1) is 17.6. The quantitative estimate of drug-likeness (QED) is 0.263. The predicted octanol–water partition coefficient (Wildman–Crippen LogP) is 6.04. The number of aromatic hydroxyl groups is 1. The summed E-state index contributed by atoms with van der Waals surface area (Å²) in [5.41, 5.74) is 4.55. The highest BCUT2D eigenvalue weighted by Crippen LogP contribution is 2.24. The van der Waals surface area contributed by atoms with Crippen LogP contribution in [0.2, 0.25) is 0 Å². The van der Waals surface area contributed by atoms with Crippen LogP contribution in [0.25, 0.3) is 11.4 Å². The van der Waals surface area contributed by atoms with Crippen LogP contribution in [0.4, 0.5) is 0 Å². The Hall–Kier alpha value is -3.90. The van der Waals surface area contributed by atoms with Gasteiger partial charge >= 0.3 is 5.97 Å². The number of ether oxygens (including phenoxy) is 1. The summed E-state index contributed by atoms with van der Waals surface area (Å²) in [4.78, 5) is 19.3. The number of benzene rings is 3. The molecule has 3 aromatic carbocycles. The van der Waals surface area contributed by atoms with Gasteiger partial charge in [0.05, 0.1) is 19.0 Å². The van der Waals surface area contributed by atoms with Gasteiger partial charge in [0.2, 0.25) is 0 Å². The van der Waals surface area contributed by atoms with Crippen molar-refractivity contribution in [2.75, 3.05) is 7.11 Å². The van der Waals surface area contributed by atoms with Gasteiger partial charge in [-0.2, -0.15) is 0 Å². The predicted molar refractivity (Wildman–Crippen MR) is 141 cm³/mol. The van der Waals surface area contributed by atoms with Gasteiger partial charge in [0, 0.05) is 31.7 Å². The Morgan fingerprint density at radius 3 is 2.33 bits per heavy atom. The van der Waals surface area contributed by atoms with E-state index in [2.05, 4.69) is 40.7 Å². The lowest BCUT2D eigenvalue weighted by Crippen LogP contribution is -2.24. The van der Waals surface area contributed by atoms with Crippen molar-refractivity contribution in [1.29, 1.82) is 0 Å². The maximum atomic E-state index is 12.1. The molecule has 4 aromatic rings. The largest absolute Gasteiger partial charge is 0.507 e. The third-order valence-corrected chi connectivity index (χ3v) is 6.21. The summed E-state index contributed by atoms with van der Waals surface area (Å²) in [6.07, 6.45) is 4.15. The van der Waals surface area contributed by atoms with Gasteiger partial charge in [-0.1, -0.05) is 80.1 Å². The van der Waals surface area contributed by atoms with Gasteiger partial charge in [0.1, 0.15) is 17.1 Å². The molecule has 6 nitrogen and oxygen atoms in total. The smallest absolute Gasteiger partial charge is 0.341 e. The van der Waals surface area contributed by atoms with E-state index in [1.165, 1.54) is 12.7 Å². The summed E-state index contributed by atoms with van der Waals surface area (Å²) >= 11 is 0. The summed E-state index contributed by atoms with van der Waals surface area (Å²) in [5, 5.41) is 10.1. The first-order valence-corrected chi connectivity index (χ1v) is 12.3. The van der Waals surface area contributed by atoms with Crippen LogP contribution in [-0.4, -0.2) is 32.6 Å². The molecule has 0 fully saturated rings. The lowest BCUT2D eigenvalue weighted by molar-refractivity contribution is 0.0597. The number of hydrogen-bond acceptors (Lipinski definition) is 5. The average Bonchev–Trinajstić information content (AvgIpc) is 3.31. The molecule has 6 heteroatoms. The topological polar surface area (TPSA) is 67.6 Å². The highest BCUT2D eigenvalue weighted by molar-refractivity contribution is 5.92. The van der Waals surface area contributed by atoms with Crippen LogP contribution in [0, 0.1) is 0 Å². The summed E-state index contributed by atoms with van der Waals surface area (Å²) in [6.45, 7) is 5.12. The number of carbonyl (C=O) groups is 1. The van der Waals surface area contributed by atoms with Gasteiger partial charge in [-0.25, -0.2) is 9.78 Å². The van der Waals surface area contributed by atoms with Crippen molar-refractivity contribution in [2.24, 2.45) is 0 Å². The molecular formula is C30H33N3O3. The number of rotatable bonds is 11. The molecule has 0 saturated carbocycles. The van der Waals surface area contributed by atoms with Gasteiger partial charge in [-0.15, -0.1) is 0 Å². The first-order valence-electron chi connectivity index (χ1n) is 12.3. The zero-order valence-corrected chi connectivity index (χ0v) is 20.9. The molecule has 0 radical (unpaired) electrons. The molecule has 0 aliphatic carbocycles. The number of imidazole rings is 1. The average molecular weight is 484 g/mol. The Kier molecular flexibility index (Phi) is 8.53. The Morgan fingerprint density at radius 2 is 1.64 bits per heavy atom. The van der Waals surface area contributed by atoms with E-state index >= 15 is 0 Å². The summed E-state index contributed by atoms with van der Waals surface area (Å²) < 4.78 is 7.17. The van der Waals surface area contributed by atoms with Crippen molar-refractivity contribution in [3.63, 3.8) is 0 Å². The lowest BCUT2D eigenvalue weighted by atomic mass is 10.1. The van der Waals surface area contributed by atoms with E-state index in [0.29, 0.717) is 13.1 Å². The fraction of sp³-hybridized carbons (Fsp3) is 0.267. The Morgan fingerprint density at radius 1 is 0.944 bits per heavy atom. The molecule has 186 valence electrons. The number of carbonyl (C=O) groups excluding carboxylic acids is 1. The summed E-state index contributed by atoms with van der Waals surface area (Å²) in [6, 6.07) is 25.8. The third kappa shape index (κ3) is 6.20. The minimum absolute atomic E-state index is 0.0784. The van der Waals surface area contributed by atoms with Crippen molar-refractivity contribution in [3.8, 4) is 17.1 Å². The molecule has 0 aliphatic rings. The second-order valence-electron chi connectivity index (χ2n) is 8.92. The monoisotopic (exact) mass is 483 g/mol. The highest BCUT2D eigenvalue weighted by atomic mass is 16.5. The zero-order chi connectivity index (χ0) is 25.3. The van der Waals surface area contributed by atoms with E-state index < -0.39 is 5.97 Å². The molecular weight excluding hydrogens is 450 g/mol. The number of methoxy groups -OCH3 is 1. The Labute approximate surface area is 212 Å². The van der Waals surface area contributed by atoms with Crippen molar-refractivity contribution < 1.29 is 14.6 Å². The minimum atomic E-state index is -0.547. The second-order valence-corrected chi connectivity index (χ2v) is 8.92. The highest BCUT2D eigenvalue weighted by Gasteiger charge is 2.18. The Balaban J connectivity index is 1.66. The molecule has 4 rings (SSSR count). The number of hydrogen-bond donors (Lipinski definition) is 1. The normalized spacial score (nSPS) is 11.1. The number of phenols is 1. The Bertz CT molecular complexity index is 1270. The van der Waals surface area contributed by atoms with Crippen LogP contribution < -0.4 is 0 Å². The van der Waals surface area contributed by atoms with Crippen LogP contribution in [0.15, 0.2) is 85.1 Å². The van der Waals surface area contributed by atoms with Crippen molar-refractivity contribution in [3.05, 3.63) is 107 Å². The molecule has 0 amide bonds. The van der Waals surface area contributed by atoms with Crippen molar-refractivity contribution >= 4 is 5.97 Å². The van der Waals surface area contributed by atoms with E-state index in [-0.39, 0.29) is 11.3 Å². The number of esters is 1. The fourth-order valence-electron chi connectivity index (χ4n) is 4.37. The molecule has 1 aromatic heterocycles. The molecule has 1 N–H and O–H groups in total. The van der Waals surface area contributed by atoms with E-state index in [9.17, 15) is 9.90 Å². The standard InChI is InChI=1S/C30H33N3O3/c1-3-4-17-33-26(19-31-29(33)25-13-9-6-10-14-25)22-32(20-23-11-7-5-8-12-23)21-24-15-16-28(34)27(18-24)30(35)36-2/h5-16,18-19,34H,3-4,17,20-22H2,1-2H3. The van der Waals surface area contributed by atoms with Gasteiger partial charge in [-0.3, -0.25) is 4.90 Å². The fourth-order valence-corrected chi connectivity index (χ4v) is 4.37. The molecule has 0 saturated heterocycles. The van der Waals surface area contributed by atoms with Crippen LogP contribution in [0.1, 0.15) is 46.9 Å². The molecule has 0 aliphatic heterocycles. The van der Waals surface area contributed by atoms with E-state index in [1.807, 2.05) is 48.7 Å². The van der Waals surface area contributed by atoms with Crippen molar-refractivity contribution in [2.45, 2.75) is 45.9 Å². The van der Waals surface area contributed by atoms with Gasteiger partial charge in [-0.05, 0) is 29.7 Å². The van der Waals surface area contributed by atoms with Crippen molar-refractivity contribution in [1.82, 2.24) is 14.5 Å². The van der Waals surface area contributed by atoms with E-state index in [0.717, 1.165) is 48.6 Å². The molecule has 1 heterocycles. The number of aromatic nitrogens is 2. The number of nitrogens with zero attached hydrogens (tertiary/aromatic N) is 3. The molecule has 0 spiro atoms. The molecule has 36 heavy (non-hydrogen) atoms.